The fourth-order valence-corrected chi connectivity index (χ4v) is 3.61. The number of aliphatic hydroxyl groups excluding tert-OH is 1. The summed E-state index contributed by atoms with van der Waals surface area (Å²) in [7, 11) is 0. The first-order chi connectivity index (χ1) is 11.6. The normalized spacial score (nSPS) is 19.8. The molecule has 1 amide bonds. The second kappa shape index (κ2) is 7.59. The van der Waals surface area contributed by atoms with Gasteiger partial charge in [-0.15, -0.1) is 11.8 Å². The van der Waals surface area contributed by atoms with Crippen molar-refractivity contribution in [3.8, 4) is 0 Å². The van der Waals surface area contributed by atoms with Crippen molar-refractivity contribution in [1.29, 1.82) is 0 Å². The van der Waals surface area contributed by atoms with Crippen LogP contribution in [0.2, 0.25) is 0 Å². The summed E-state index contributed by atoms with van der Waals surface area (Å²) >= 11 is 1.45. The van der Waals surface area contributed by atoms with Crippen molar-refractivity contribution in [2.24, 2.45) is 10.9 Å². The van der Waals surface area contributed by atoms with Crippen molar-refractivity contribution in [3.05, 3.63) is 66.0 Å². The minimum Gasteiger partial charge on any atom is -0.390 e. The standard InChI is InChI=1S/C18H17FN2O2S/c19-13-7-4-8-14(9-13)21-17(23)16-15(22)10-20-18(16)24-11-12-5-2-1-3-6-12/h1-9,15-16,22H,10-11H2,(H,21,23). The third-order valence-electron chi connectivity index (χ3n) is 3.69. The van der Waals surface area contributed by atoms with Crippen LogP contribution in [-0.4, -0.2) is 28.7 Å². The van der Waals surface area contributed by atoms with E-state index in [1.807, 2.05) is 30.3 Å². The highest BCUT2D eigenvalue weighted by Gasteiger charge is 2.36. The lowest BCUT2D eigenvalue weighted by atomic mass is 10.1. The van der Waals surface area contributed by atoms with Gasteiger partial charge in [-0.3, -0.25) is 9.79 Å². The van der Waals surface area contributed by atoms with Crippen molar-refractivity contribution in [2.75, 3.05) is 11.9 Å². The second-order valence-corrected chi connectivity index (χ2v) is 6.49. The number of anilines is 1. The average molecular weight is 344 g/mol. The van der Waals surface area contributed by atoms with Crippen LogP contribution < -0.4 is 5.32 Å². The molecule has 0 saturated heterocycles. The van der Waals surface area contributed by atoms with Crippen molar-refractivity contribution in [1.82, 2.24) is 0 Å². The van der Waals surface area contributed by atoms with E-state index in [-0.39, 0.29) is 12.5 Å². The van der Waals surface area contributed by atoms with Crippen LogP contribution in [0.3, 0.4) is 0 Å². The third kappa shape index (κ3) is 4.01. The van der Waals surface area contributed by atoms with E-state index in [0.29, 0.717) is 16.5 Å². The van der Waals surface area contributed by atoms with Crippen LogP contribution >= 0.6 is 11.8 Å². The van der Waals surface area contributed by atoms with Gasteiger partial charge < -0.3 is 10.4 Å². The number of rotatable bonds is 4. The van der Waals surface area contributed by atoms with Crippen molar-refractivity contribution in [2.45, 2.75) is 11.9 Å². The number of nitrogens with zero attached hydrogens (tertiary/aromatic N) is 1. The summed E-state index contributed by atoms with van der Waals surface area (Å²) in [6.45, 7) is 0.207. The number of hydrogen-bond donors (Lipinski definition) is 2. The summed E-state index contributed by atoms with van der Waals surface area (Å²) in [5.74, 6) is -0.838. The number of nitrogens with one attached hydrogen (secondary N) is 1. The van der Waals surface area contributed by atoms with E-state index in [4.69, 9.17) is 0 Å². The van der Waals surface area contributed by atoms with Crippen LogP contribution in [0.5, 0.6) is 0 Å². The highest BCUT2D eigenvalue weighted by atomic mass is 32.2. The van der Waals surface area contributed by atoms with E-state index in [9.17, 15) is 14.3 Å². The Morgan fingerprint density at radius 1 is 1.25 bits per heavy atom. The molecule has 6 heteroatoms. The number of carbonyl (C=O) groups excluding carboxylic acids is 1. The van der Waals surface area contributed by atoms with Gasteiger partial charge in [0.05, 0.1) is 17.7 Å². The van der Waals surface area contributed by atoms with Gasteiger partial charge in [0.2, 0.25) is 5.91 Å². The number of hydrogen-bond acceptors (Lipinski definition) is 4. The van der Waals surface area contributed by atoms with Gasteiger partial charge in [-0.1, -0.05) is 36.4 Å². The van der Waals surface area contributed by atoms with Crippen molar-refractivity contribution < 1.29 is 14.3 Å². The van der Waals surface area contributed by atoms with Crippen LogP contribution in [-0.2, 0) is 10.5 Å². The molecule has 1 heterocycles. The SMILES string of the molecule is O=C(Nc1cccc(F)c1)C1C(SCc2ccccc2)=NCC1O. The minimum atomic E-state index is -0.850. The van der Waals surface area contributed by atoms with Gasteiger partial charge in [-0.25, -0.2) is 4.39 Å². The van der Waals surface area contributed by atoms with E-state index >= 15 is 0 Å². The molecule has 2 N–H and O–H groups in total. The fourth-order valence-electron chi connectivity index (χ4n) is 2.49. The number of thioether (sulfide) groups is 1. The lowest BCUT2D eigenvalue weighted by Crippen LogP contribution is -2.35. The average Bonchev–Trinajstić information content (AvgIpc) is 2.95. The molecule has 0 aromatic heterocycles. The summed E-state index contributed by atoms with van der Waals surface area (Å²) < 4.78 is 13.2. The minimum absolute atomic E-state index is 0.207. The second-order valence-electron chi connectivity index (χ2n) is 5.50. The molecule has 2 aromatic rings. The molecule has 2 aromatic carbocycles. The molecule has 1 aliphatic rings. The molecule has 24 heavy (non-hydrogen) atoms. The van der Waals surface area contributed by atoms with Crippen LogP contribution in [0.4, 0.5) is 10.1 Å². The van der Waals surface area contributed by atoms with Crippen LogP contribution in [0.15, 0.2) is 59.6 Å². The zero-order chi connectivity index (χ0) is 16.9. The van der Waals surface area contributed by atoms with E-state index in [1.165, 1.54) is 30.0 Å². The first-order valence-corrected chi connectivity index (χ1v) is 8.57. The smallest absolute Gasteiger partial charge is 0.236 e. The molecule has 0 aliphatic carbocycles. The largest absolute Gasteiger partial charge is 0.390 e. The van der Waals surface area contributed by atoms with Crippen LogP contribution in [0, 0.1) is 11.7 Å². The Morgan fingerprint density at radius 2 is 2.04 bits per heavy atom. The van der Waals surface area contributed by atoms with Crippen molar-refractivity contribution in [3.63, 3.8) is 0 Å². The van der Waals surface area contributed by atoms with Gasteiger partial charge >= 0.3 is 0 Å². The highest BCUT2D eigenvalue weighted by molar-refractivity contribution is 8.13. The summed E-state index contributed by atoms with van der Waals surface area (Å²) in [4.78, 5) is 16.8. The first kappa shape index (κ1) is 16.7. The van der Waals surface area contributed by atoms with E-state index < -0.39 is 17.8 Å². The van der Waals surface area contributed by atoms with Crippen LogP contribution in [0.1, 0.15) is 5.56 Å². The summed E-state index contributed by atoms with van der Waals surface area (Å²) in [5.41, 5.74) is 1.49. The molecule has 2 atom stereocenters. The zero-order valence-electron chi connectivity index (χ0n) is 12.9. The number of amides is 1. The van der Waals surface area contributed by atoms with Gasteiger partial charge in [-0.2, -0.15) is 0 Å². The predicted molar refractivity (Wildman–Crippen MR) is 94.6 cm³/mol. The molecular weight excluding hydrogens is 327 g/mol. The van der Waals surface area contributed by atoms with E-state index in [2.05, 4.69) is 10.3 Å². The Labute approximate surface area is 143 Å². The molecular formula is C18H17FN2O2S. The van der Waals surface area contributed by atoms with Gasteiger partial charge in [0.1, 0.15) is 11.7 Å². The summed E-state index contributed by atoms with van der Waals surface area (Å²) in [5, 5.41) is 13.4. The molecule has 0 radical (unpaired) electrons. The number of aliphatic hydroxyl groups is 1. The lowest BCUT2D eigenvalue weighted by Gasteiger charge is -2.16. The molecule has 3 rings (SSSR count). The molecule has 0 bridgehead atoms. The maximum Gasteiger partial charge on any atom is 0.236 e. The molecule has 0 saturated carbocycles. The van der Waals surface area contributed by atoms with Gasteiger partial charge in [0.15, 0.2) is 0 Å². The monoisotopic (exact) mass is 344 g/mol. The quantitative estimate of drug-likeness (QED) is 0.896. The van der Waals surface area contributed by atoms with E-state index in [1.54, 1.807) is 6.07 Å². The Hall–Kier alpha value is -2.18. The Kier molecular flexibility index (Phi) is 5.27. The van der Waals surface area contributed by atoms with Gasteiger partial charge in [-0.05, 0) is 23.8 Å². The number of aliphatic imine (C=N–C) groups is 1. The molecule has 1 aliphatic heterocycles. The topological polar surface area (TPSA) is 61.7 Å². The molecule has 0 fully saturated rings. The van der Waals surface area contributed by atoms with Crippen LogP contribution in [0.25, 0.3) is 0 Å². The maximum atomic E-state index is 13.2. The molecule has 124 valence electrons. The van der Waals surface area contributed by atoms with Gasteiger partial charge in [0.25, 0.3) is 0 Å². The molecule has 2 unspecified atom stereocenters. The summed E-state index contributed by atoms with van der Waals surface area (Å²) in [6.07, 6.45) is -0.850. The Balaban J connectivity index is 1.66. The summed E-state index contributed by atoms with van der Waals surface area (Å²) in [6, 6.07) is 15.5. The highest BCUT2D eigenvalue weighted by Crippen LogP contribution is 2.27. The number of halogens is 1. The molecule has 0 spiro atoms. The number of carbonyl (C=O) groups is 1. The van der Waals surface area contributed by atoms with E-state index in [0.717, 1.165) is 5.56 Å². The fraction of sp³-hybridized carbons (Fsp3) is 0.222. The number of benzene rings is 2. The Bertz CT molecular complexity index is 752. The predicted octanol–water partition coefficient (Wildman–Crippen LogP) is 3.09. The van der Waals surface area contributed by atoms with Crippen molar-refractivity contribution >= 4 is 28.4 Å². The molecule has 4 nitrogen and oxygen atoms in total. The first-order valence-electron chi connectivity index (χ1n) is 7.59. The zero-order valence-corrected chi connectivity index (χ0v) is 13.7. The Morgan fingerprint density at radius 3 is 2.79 bits per heavy atom. The van der Waals surface area contributed by atoms with Gasteiger partial charge in [0, 0.05) is 11.4 Å². The third-order valence-corrected chi connectivity index (χ3v) is 4.85. The maximum absolute atomic E-state index is 13.2. The lowest BCUT2D eigenvalue weighted by molar-refractivity contribution is -0.120.